The van der Waals surface area contributed by atoms with Gasteiger partial charge in [-0.25, -0.2) is 9.59 Å². The number of hydrogen-bond acceptors (Lipinski definition) is 6. The zero-order valence-electron chi connectivity index (χ0n) is 14.5. The largest absolute Gasteiger partial charge is 0.480 e. The van der Waals surface area contributed by atoms with Gasteiger partial charge in [0.25, 0.3) is 5.91 Å². The number of thioether (sulfide) groups is 1. The van der Waals surface area contributed by atoms with Crippen LogP contribution in [0.4, 0.5) is 0 Å². The summed E-state index contributed by atoms with van der Waals surface area (Å²) in [6.07, 6.45) is 0. The molecule has 3 heterocycles. The molecule has 1 aromatic heterocycles. The first kappa shape index (κ1) is 17.6. The Labute approximate surface area is 157 Å². The predicted octanol–water partition coefficient (Wildman–Crippen LogP) is 1.04. The third kappa shape index (κ3) is 2.61. The minimum Gasteiger partial charge on any atom is -0.480 e. The number of para-hydroxylation sites is 1. The summed E-state index contributed by atoms with van der Waals surface area (Å²) in [5.74, 6) is -2.27. The Bertz CT molecular complexity index is 1050. The molecular weight excluding hydrogens is 372 g/mol. The molecule has 8 nitrogen and oxygen atoms in total. The third-order valence-electron chi connectivity index (χ3n) is 4.85. The van der Waals surface area contributed by atoms with E-state index in [1.165, 1.54) is 22.7 Å². The number of carbonyl (C=O) groups is 3. The maximum atomic E-state index is 12.6. The molecule has 27 heavy (non-hydrogen) atoms. The van der Waals surface area contributed by atoms with E-state index >= 15 is 0 Å². The second-order valence-electron chi connectivity index (χ2n) is 7.03. The number of carboxylic acid groups (broad SMARTS) is 1. The number of β-lactam (4-membered cyclic amide) rings is 1. The van der Waals surface area contributed by atoms with Gasteiger partial charge in [0.2, 0.25) is 5.91 Å². The molecule has 2 saturated heterocycles. The smallest absolute Gasteiger partial charge is 0.349 e. The van der Waals surface area contributed by atoms with Gasteiger partial charge >= 0.3 is 11.6 Å². The summed E-state index contributed by atoms with van der Waals surface area (Å²) in [5, 5.41) is 12.1. The first-order chi connectivity index (χ1) is 12.7. The highest BCUT2D eigenvalue weighted by molar-refractivity contribution is 8.01. The van der Waals surface area contributed by atoms with Gasteiger partial charge in [0, 0.05) is 10.1 Å². The van der Waals surface area contributed by atoms with Gasteiger partial charge < -0.3 is 19.7 Å². The van der Waals surface area contributed by atoms with Crippen LogP contribution in [0.2, 0.25) is 0 Å². The summed E-state index contributed by atoms with van der Waals surface area (Å²) in [4.78, 5) is 49.9. The molecule has 3 atom stereocenters. The first-order valence-corrected chi connectivity index (χ1v) is 9.15. The number of carboxylic acids is 1. The number of amides is 2. The Hall–Kier alpha value is -2.81. The van der Waals surface area contributed by atoms with E-state index in [0.717, 1.165) is 0 Å². The van der Waals surface area contributed by atoms with Crippen molar-refractivity contribution in [2.24, 2.45) is 0 Å². The van der Waals surface area contributed by atoms with Crippen molar-refractivity contribution >= 4 is 40.5 Å². The van der Waals surface area contributed by atoms with Crippen LogP contribution in [0.15, 0.2) is 39.5 Å². The molecular formula is C18H16N2O6S. The number of benzene rings is 1. The normalized spacial score (nSPS) is 25.8. The van der Waals surface area contributed by atoms with E-state index in [4.69, 9.17) is 4.42 Å². The third-order valence-corrected chi connectivity index (χ3v) is 6.42. The van der Waals surface area contributed by atoms with Gasteiger partial charge in [0.15, 0.2) is 0 Å². The molecule has 2 amide bonds. The van der Waals surface area contributed by atoms with Gasteiger partial charge in [0.05, 0.1) is 0 Å². The van der Waals surface area contributed by atoms with E-state index in [0.29, 0.717) is 11.0 Å². The molecule has 140 valence electrons. The lowest BCUT2D eigenvalue weighted by atomic mass is 9.96. The number of fused-ring (bicyclic) bond motifs is 2. The van der Waals surface area contributed by atoms with Crippen molar-refractivity contribution in [3.63, 3.8) is 0 Å². The summed E-state index contributed by atoms with van der Waals surface area (Å²) < 4.78 is 4.46. The number of hydrogen-bond donors (Lipinski definition) is 2. The van der Waals surface area contributed by atoms with Crippen LogP contribution in [0.5, 0.6) is 0 Å². The van der Waals surface area contributed by atoms with Crippen LogP contribution in [-0.4, -0.2) is 50.0 Å². The number of carbonyl (C=O) groups excluding carboxylic acids is 2. The molecule has 9 heteroatoms. The summed E-state index contributed by atoms with van der Waals surface area (Å²) in [5.41, 5.74) is -0.628. The lowest BCUT2D eigenvalue weighted by Gasteiger charge is -2.43. The van der Waals surface area contributed by atoms with Crippen molar-refractivity contribution in [1.29, 1.82) is 0 Å². The number of aliphatic carboxylic acids is 1. The van der Waals surface area contributed by atoms with E-state index in [9.17, 15) is 24.3 Å². The van der Waals surface area contributed by atoms with E-state index in [-0.39, 0.29) is 5.56 Å². The van der Waals surface area contributed by atoms with E-state index in [1.54, 1.807) is 38.1 Å². The van der Waals surface area contributed by atoms with Crippen molar-refractivity contribution in [2.75, 3.05) is 0 Å². The topological polar surface area (TPSA) is 117 Å². The van der Waals surface area contributed by atoms with Gasteiger partial charge in [0.1, 0.15) is 28.6 Å². The van der Waals surface area contributed by atoms with Gasteiger partial charge in [-0.15, -0.1) is 11.8 Å². The highest BCUT2D eigenvalue weighted by Crippen LogP contribution is 2.50. The van der Waals surface area contributed by atoms with E-state index in [1.807, 2.05) is 0 Å². The zero-order valence-corrected chi connectivity index (χ0v) is 15.3. The first-order valence-electron chi connectivity index (χ1n) is 8.27. The maximum Gasteiger partial charge on any atom is 0.349 e. The maximum absolute atomic E-state index is 12.6. The van der Waals surface area contributed by atoms with Crippen molar-refractivity contribution in [3.8, 4) is 0 Å². The van der Waals surface area contributed by atoms with Crippen LogP contribution in [-0.2, 0) is 9.59 Å². The van der Waals surface area contributed by atoms with Crippen molar-refractivity contribution in [2.45, 2.75) is 36.1 Å². The Morgan fingerprint density at radius 2 is 1.96 bits per heavy atom. The minimum atomic E-state index is -1.08. The molecule has 2 aromatic rings. The summed E-state index contributed by atoms with van der Waals surface area (Å²) >= 11 is 1.32. The Morgan fingerprint density at radius 3 is 2.67 bits per heavy atom. The fourth-order valence-electron chi connectivity index (χ4n) is 3.58. The van der Waals surface area contributed by atoms with Crippen LogP contribution in [0.25, 0.3) is 11.0 Å². The summed E-state index contributed by atoms with van der Waals surface area (Å²) in [7, 11) is 0. The molecule has 2 aliphatic rings. The average Bonchev–Trinajstić information content (AvgIpc) is 2.87. The molecule has 0 aliphatic carbocycles. The molecule has 0 bridgehead atoms. The van der Waals surface area contributed by atoms with Crippen molar-refractivity contribution in [3.05, 3.63) is 46.3 Å². The number of nitrogens with zero attached hydrogens (tertiary/aromatic N) is 1. The molecule has 0 spiro atoms. The fraction of sp³-hybridized carbons (Fsp3) is 0.333. The molecule has 2 fully saturated rings. The SMILES string of the molecule is CC1(C)SC2C(NC(=O)c3cc4ccccc4oc3=O)C(=O)N2C1C(=O)O. The Balaban J connectivity index is 1.58. The number of nitrogens with one attached hydrogen (secondary N) is 1. The number of rotatable bonds is 3. The molecule has 0 radical (unpaired) electrons. The zero-order chi connectivity index (χ0) is 19.5. The summed E-state index contributed by atoms with van der Waals surface area (Å²) in [6, 6.07) is 6.37. The quantitative estimate of drug-likeness (QED) is 0.596. The Morgan fingerprint density at radius 1 is 1.26 bits per heavy atom. The van der Waals surface area contributed by atoms with Crippen molar-refractivity contribution < 1.29 is 23.9 Å². The second-order valence-corrected chi connectivity index (χ2v) is 8.81. The van der Waals surface area contributed by atoms with Crippen molar-refractivity contribution in [1.82, 2.24) is 10.2 Å². The molecule has 0 saturated carbocycles. The average molecular weight is 388 g/mol. The van der Waals surface area contributed by atoms with Crippen LogP contribution in [0.1, 0.15) is 24.2 Å². The van der Waals surface area contributed by atoms with Gasteiger partial charge in [-0.2, -0.15) is 0 Å². The second kappa shape index (κ2) is 5.85. The highest BCUT2D eigenvalue weighted by Gasteiger charge is 2.64. The standard InChI is InChI=1S/C18H16N2O6S/c1-18(2)12(16(23)24)20-14(22)11(15(20)27-18)19-13(21)9-7-8-5-3-4-6-10(8)26-17(9)25/h3-7,11-12,15H,1-2H3,(H,19,21)(H,23,24). The molecule has 2 N–H and O–H groups in total. The summed E-state index contributed by atoms with van der Waals surface area (Å²) in [6.45, 7) is 3.50. The monoisotopic (exact) mass is 388 g/mol. The Kier molecular flexibility index (Phi) is 3.81. The van der Waals surface area contributed by atoms with Gasteiger partial charge in [-0.1, -0.05) is 18.2 Å². The fourth-order valence-corrected chi connectivity index (χ4v) is 5.21. The van der Waals surface area contributed by atoms with Crippen LogP contribution >= 0.6 is 11.8 Å². The van der Waals surface area contributed by atoms with E-state index in [2.05, 4.69) is 5.32 Å². The van der Waals surface area contributed by atoms with Gasteiger partial charge in [-0.05, 0) is 26.0 Å². The lowest BCUT2D eigenvalue weighted by Crippen LogP contribution is -2.70. The van der Waals surface area contributed by atoms with Crippen LogP contribution < -0.4 is 10.9 Å². The van der Waals surface area contributed by atoms with E-state index < -0.39 is 45.6 Å². The molecule has 2 aliphatic heterocycles. The molecule has 1 aromatic carbocycles. The predicted molar refractivity (Wildman–Crippen MR) is 97.5 cm³/mol. The molecule has 4 rings (SSSR count). The lowest BCUT2D eigenvalue weighted by molar-refractivity contribution is -0.159. The highest BCUT2D eigenvalue weighted by atomic mass is 32.2. The molecule has 3 unspecified atom stereocenters. The minimum absolute atomic E-state index is 0.197. The van der Waals surface area contributed by atoms with Crippen LogP contribution in [0, 0.1) is 0 Å². The van der Waals surface area contributed by atoms with Gasteiger partial charge in [-0.3, -0.25) is 9.59 Å². The van der Waals surface area contributed by atoms with Crippen LogP contribution in [0.3, 0.4) is 0 Å².